The van der Waals surface area contributed by atoms with Crippen LogP contribution in [0.15, 0.2) is 25.3 Å². The Labute approximate surface area is 62.1 Å². The van der Waals surface area contributed by atoms with Crippen LogP contribution in [-0.4, -0.2) is 11.2 Å². The van der Waals surface area contributed by atoms with Gasteiger partial charge < -0.3 is 5.11 Å². The lowest BCUT2D eigenvalue weighted by atomic mass is 10.0. The Balaban J connectivity index is 2.56. The molecule has 1 unspecified atom stereocenters. The van der Waals surface area contributed by atoms with Gasteiger partial charge in [-0.3, -0.25) is 0 Å². The highest BCUT2D eigenvalue weighted by atomic mass is 16.3. The second-order valence-corrected chi connectivity index (χ2v) is 2.87. The normalized spacial score (nSPS) is 39.5. The van der Waals surface area contributed by atoms with Gasteiger partial charge in [0.2, 0.25) is 0 Å². The zero-order valence-electron chi connectivity index (χ0n) is 6.16. The molecule has 0 bridgehead atoms. The van der Waals surface area contributed by atoms with Crippen molar-refractivity contribution >= 4 is 0 Å². The summed E-state index contributed by atoms with van der Waals surface area (Å²) in [6.45, 7) is 7.34. The average Bonchev–Trinajstić information content (AvgIpc) is 2.30. The number of hydrogen-bond donors (Lipinski definition) is 1. The van der Waals surface area contributed by atoms with Crippen molar-refractivity contribution in [1.29, 1.82) is 0 Å². The fourth-order valence-corrected chi connectivity index (χ4v) is 1.56. The van der Waals surface area contributed by atoms with E-state index >= 15 is 0 Å². The first kappa shape index (κ1) is 7.55. The topological polar surface area (TPSA) is 20.2 Å². The number of aliphatic hydroxyl groups excluding tert-OH is 1. The molecule has 1 N–H and O–H groups in total. The van der Waals surface area contributed by atoms with Crippen molar-refractivity contribution < 1.29 is 5.11 Å². The highest BCUT2D eigenvalue weighted by molar-refractivity contribution is 4.99. The lowest BCUT2D eigenvalue weighted by Crippen LogP contribution is -2.17. The van der Waals surface area contributed by atoms with Gasteiger partial charge in [0.15, 0.2) is 0 Å². The van der Waals surface area contributed by atoms with Gasteiger partial charge in [-0.1, -0.05) is 12.2 Å². The Morgan fingerprint density at radius 1 is 1.10 bits per heavy atom. The molecule has 0 aromatic heterocycles. The van der Waals surface area contributed by atoms with Gasteiger partial charge in [-0.05, 0) is 12.8 Å². The van der Waals surface area contributed by atoms with E-state index < -0.39 is 0 Å². The predicted molar refractivity (Wildman–Crippen MR) is 42.6 cm³/mol. The van der Waals surface area contributed by atoms with Crippen LogP contribution in [0.4, 0.5) is 0 Å². The summed E-state index contributed by atoms with van der Waals surface area (Å²) in [7, 11) is 0. The number of aliphatic hydroxyl groups is 1. The molecular weight excluding hydrogens is 124 g/mol. The van der Waals surface area contributed by atoms with Crippen LogP contribution < -0.4 is 0 Å². The van der Waals surface area contributed by atoms with Crippen molar-refractivity contribution in [2.45, 2.75) is 18.9 Å². The Kier molecular flexibility index (Phi) is 2.28. The van der Waals surface area contributed by atoms with Crippen molar-refractivity contribution in [2.75, 3.05) is 0 Å². The van der Waals surface area contributed by atoms with E-state index in [2.05, 4.69) is 13.2 Å². The molecular formula is C9H14O. The first-order chi connectivity index (χ1) is 4.79. The maximum atomic E-state index is 9.51. The third-order valence-corrected chi connectivity index (χ3v) is 2.32. The molecule has 0 aromatic carbocycles. The third kappa shape index (κ3) is 1.14. The van der Waals surface area contributed by atoms with E-state index in [9.17, 15) is 5.11 Å². The highest BCUT2D eigenvalue weighted by Crippen LogP contribution is 2.32. The molecule has 1 rings (SSSR count). The second kappa shape index (κ2) is 3.02. The van der Waals surface area contributed by atoms with Gasteiger partial charge in [-0.25, -0.2) is 0 Å². The Morgan fingerprint density at radius 3 is 1.70 bits per heavy atom. The summed E-state index contributed by atoms with van der Waals surface area (Å²) in [5.41, 5.74) is 0. The SMILES string of the molecule is C=C[C@@H]1CC[C@H](C=C)C1O. The maximum Gasteiger partial charge on any atom is 0.0665 e. The van der Waals surface area contributed by atoms with Crippen LogP contribution >= 0.6 is 0 Å². The second-order valence-electron chi connectivity index (χ2n) is 2.87. The molecule has 0 heterocycles. The van der Waals surface area contributed by atoms with Crippen LogP contribution in [0.1, 0.15) is 12.8 Å². The van der Waals surface area contributed by atoms with Gasteiger partial charge >= 0.3 is 0 Å². The molecule has 0 amide bonds. The molecule has 3 atom stereocenters. The molecule has 1 aliphatic rings. The standard InChI is InChI=1S/C9H14O/c1-3-7-5-6-8(4-2)9(7)10/h3-4,7-10H,1-2,5-6H2/t7-,8+,9?. The van der Waals surface area contributed by atoms with Crippen molar-refractivity contribution in [3.05, 3.63) is 25.3 Å². The number of hydrogen-bond acceptors (Lipinski definition) is 1. The van der Waals surface area contributed by atoms with E-state index in [1.807, 2.05) is 12.2 Å². The van der Waals surface area contributed by atoms with Gasteiger partial charge in [-0.15, -0.1) is 13.2 Å². The number of rotatable bonds is 2. The molecule has 1 saturated carbocycles. The lowest BCUT2D eigenvalue weighted by Gasteiger charge is -2.12. The van der Waals surface area contributed by atoms with E-state index in [-0.39, 0.29) is 6.10 Å². The maximum absolute atomic E-state index is 9.51. The summed E-state index contributed by atoms with van der Waals surface area (Å²) in [5, 5.41) is 9.51. The monoisotopic (exact) mass is 138 g/mol. The van der Waals surface area contributed by atoms with E-state index in [4.69, 9.17) is 0 Å². The molecule has 0 aromatic rings. The fraction of sp³-hybridized carbons (Fsp3) is 0.556. The Morgan fingerprint density at radius 2 is 1.50 bits per heavy atom. The predicted octanol–water partition coefficient (Wildman–Crippen LogP) is 1.75. The first-order valence-corrected chi connectivity index (χ1v) is 3.72. The van der Waals surface area contributed by atoms with Crippen LogP contribution in [0.3, 0.4) is 0 Å². The third-order valence-electron chi connectivity index (χ3n) is 2.32. The molecule has 1 heteroatoms. The van der Waals surface area contributed by atoms with Crippen molar-refractivity contribution in [2.24, 2.45) is 11.8 Å². The molecule has 1 fully saturated rings. The van der Waals surface area contributed by atoms with E-state index in [1.165, 1.54) is 0 Å². The zero-order valence-corrected chi connectivity index (χ0v) is 6.16. The average molecular weight is 138 g/mol. The van der Waals surface area contributed by atoms with Crippen LogP contribution in [0.5, 0.6) is 0 Å². The zero-order chi connectivity index (χ0) is 7.56. The minimum atomic E-state index is -0.227. The summed E-state index contributed by atoms with van der Waals surface area (Å²) in [4.78, 5) is 0. The molecule has 0 aliphatic heterocycles. The van der Waals surface area contributed by atoms with Crippen molar-refractivity contribution in [1.82, 2.24) is 0 Å². The van der Waals surface area contributed by atoms with Crippen LogP contribution in [0.25, 0.3) is 0 Å². The minimum Gasteiger partial charge on any atom is -0.392 e. The van der Waals surface area contributed by atoms with E-state index in [1.54, 1.807) is 0 Å². The molecule has 0 spiro atoms. The van der Waals surface area contributed by atoms with Crippen LogP contribution in [0.2, 0.25) is 0 Å². The fourth-order valence-electron chi connectivity index (χ4n) is 1.56. The van der Waals surface area contributed by atoms with Gasteiger partial charge in [0.1, 0.15) is 0 Å². The molecule has 0 radical (unpaired) electrons. The van der Waals surface area contributed by atoms with Gasteiger partial charge in [0.05, 0.1) is 6.10 Å². The van der Waals surface area contributed by atoms with Crippen LogP contribution in [-0.2, 0) is 0 Å². The summed E-state index contributed by atoms with van der Waals surface area (Å²) in [6, 6.07) is 0. The van der Waals surface area contributed by atoms with Gasteiger partial charge in [0, 0.05) is 11.8 Å². The molecule has 0 saturated heterocycles. The summed E-state index contributed by atoms with van der Waals surface area (Å²) >= 11 is 0. The lowest BCUT2D eigenvalue weighted by molar-refractivity contribution is 0.126. The molecule has 56 valence electrons. The first-order valence-electron chi connectivity index (χ1n) is 3.72. The summed E-state index contributed by atoms with van der Waals surface area (Å²) < 4.78 is 0. The smallest absolute Gasteiger partial charge is 0.0665 e. The Bertz CT molecular complexity index is 124. The minimum absolute atomic E-state index is 0.227. The van der Waals surface area contributed by atoms with E-state index in [0.29, 0.717) is 11.8 Å². The van der Waals surface area contributed by atoms with Crippen molar-refractivity contribution in [3.8, 4) is 0 Å². The van der Waals surface area contributed by atoms with Gasteiger partial charge in [0.25, 0.3) is 0 Å². The molecule has 1 nitrogen and oxygen atoms in total. The Hall–Kier alpha value is -0.560. The largest absolute Gasteiger partial charge is 0.392 e. The van der Waals surface area contributed by atoms with E-state index in [0.717, 1.165) is 12.8 Å². The van der Waals surface area contributed by atoms with Crippen LogP contribution in [0, 0.1) is 11.8 Å². The van der Waals surface area contributed by atoms with Crippen molar-refractivity contribution in [3.63, 3.8) is 0 Å². The van der Waals surface area contributed by atoms with Gasteiger partial charge in [-0.2, -0.15) is 0 Å². The summed E-state index contributed by atoms with van der Waals surface area (Å²) in [5.74, 6) is 0.589. The molecule has 1 aliphatic carbocycles. The molecule has 10 heavy (non-hydrogen) atoms. The summed E-state index contributed by atoms with van der Waals surface area (Å²) in [6.07, 6.45) is 5.57. The quantitative estimate of drug-likeness (QED) is 0.576. The highest BCUT2D eigenvalue weighted by Gasteiger charge is 2.30.